The molecule has 28 heavy (non-hydrogen) atoms. The number of thioether (sulfide) groups is 1. The second-order valence-corrected chi connectivity index (χ2v) is 8.09. The molecular formula is C21H14BrFN2O2S. The molecule has 1 aliphatic rings. The summed E-state index contributed by atoms with van der Waals surface area (Å²) < 4.78 is 16.0. The Hall–Kier alpha value is -2.64. The molecule has 4 rings (SSSR count). The minimum absolute atomic E-state index is 0.120. The maximum Gasteiger partial charge on any atom is 0.293 e. The molecule has 0 bridgehead atoms. The fourth-order valence-corrected chi connectivity index (χ4v) is 4.13. The lowest BCUT2D eigenvalue weighted by molar-refractivity contribution is -0.123. The Kier molecular flexibility index (Phi) is 5.19. The van der Waals surface area contributed by atoms with E-state index in [9.17, 15) is 14.0 Å². The normalized spacial score (nSPS) is 15.6. The van der Waals surface area contributed by atoms with Crippen molar-refractivity contribution < 1.29 is 14.0 Å². The smallest absolute Gasteiger partial charge is 0.293 e. The Balaban J connectivity index is 1.60. The van der Waals surface area contributed by atoms with Crippen molar-refractivity contribution in [1.29, 1.82) is 0 Å². The summed E-state index contributed by atoms with van der Waals surface area (Å²) in [6.45, 7) is 0.120. The number of hydrogen-bond donors (Lipinski definition) is 0. The van der Waals surface area contributed by atoms with Crippen molar-refractivity contribution in [3.8, 4) is 5.69 Å². The van der Waals surface area contributed by atoms with Crippen LogP contribution in [0.3, 0.4) is 0 Å². The lowest BCUT2D eigenvalue weighted by atomic mass is 10.2. The van der Waals surface area contributed by atoms with Gasteiger partial charge < -0.3 is 4.57 Å². The van der Waals surface area contributed by atoms with E-state index in [1.165, 1.54) is 17.0 Å². The summed E-state index contributed by atoms with van der Waals surface area (Å²) in [6.07, 6.45) is 3.62. The monoisotopic (exact) mass is 456 g/mol. The zero-order valence-corrected chi connectivity index (χ0v) is 16.9. The van der Waals surface area contributed by atoms with E-state index in [0.29, 0.717) is 10.5 Å². The number of halogens is 2. The standard InChI is InChI=1S/C21H14BrFN2O2S/c22-15-3-1-4-17(11-15)24-10-2-5-18(24)12-19-20(26)25(21(27)28-19)13-14-6-8-16(23)9-7-14/h1-12H,13H2. The quantitative estimate of drug-likeness (QED) is 0.478. The summed E-state index contributed by atoms with van der Waals surface area (Å²) in [5, 5.41) is -0.332. The highest BCUT2D eigenvalue weighted by Gasteiger charge is 2.35. The third-order valence-corrected chi connectivity index (χ3v) is 5.67. The first-order valence-electron chi connectivity index (χ1n) is 8.44. The summed E-state index contributed by atoms with van der Waals surface area (Å²) in [7, 11) is 0. The van der Waals surface area contributed by atoms with Crippen LogP contribution in [0.5, 0.6) is 0 Å². The SMILES string of the molecule is O=C1SC(=Cc2cccn2-c2cccc(Br)c2)C(=O)N1Cc1ccc(F)cc1. The number of amides is 2. The first-order valence-corrected chi connectivity index (χ1v) is 10.1. The molecule has 1 aliphatic heterocycles. The Morgan fingerprint density at radius 3 is 2.57 bits per heavy atom. The Bertz CT molecular complexity index is 1090. The number of nitrogens with zero attached hydrogens (tertiary/aromatic N) is 2. The summed E-state index contributed by atoms with van der Waals surface area (Å²) in [6, 6.07) is 17.3. The van der Waals surface area contributed by atoms with E-state index < -0.39 is 0 Å². The molecule has 4 nitrogen and oxygen atoms in total. The van der Waals surface area contributed by atoms with Crippen LogP contribution in [0.15, 0.2) is 76.2 Å². The van der Waals surface area contributed by atoms with Gasteiger partial charge >= 0.3 is 0 Å². The number of rotatable bonds is 4. The molecule has 0 spiro atoms. The molecule has 1 aromatic heterocycles. The van der Waals surface area contributed by atoms with Crippen molar-refractivity contribution in [1.82, 2.24) is 9.47 Å². The third-order valence-electron chi connectivity index (χ3n) is 4.27. The minimum atomic E-state index is -0.355. The van der Waals surface area contributed by atoms with E-state index in [4.69, 9.17) is 0 Å². The molecular weight excluding hydrogens is 443 g/mol. The highest BCUT2D eigenvalue weighted by molar-refractivity contribution is 9.10. The van der Waals surface area contributed by atoms with Crippen molar-refractivity contribution in [2.24, 2.45) is 0 Å². The maximum absolute atomic E-state index is 13.1. The molecule has 3 aromatic rings. The van der Waals surface area contributed by atoms with E-state index in [1.54, 1.807) is 18.2 Å². The minimum Gasteiger partial charge on any atom is -0.317 e. The Morgan fingerprint density at radius 2 is 1.82 bits per heavy atom. The largest absolute Gasteiger partial charge is 0.317 e. The van der Waals surface area contributed by atoms with Gasteiger partial charge in [-0.2, -0.15) is 0 Å². The summed E-state index contributed by atoms with van der Waals surface area (Å²) >= 11 is 4.37. The lowest BCUT2D eigenvalue weighted by Crippen LogP contribution is -2.27. The average Bonchev–Trinajstić information content (AvgIpc) is 3.24. The molecule has 140 valence electrons. The fraction of sp³-hybridized carbons (Fsp3) is 0.0476. The van der Waals surface area contributed by atoms with Gasteiger partial charge in [0.2, 0.25) is 0 Å². The van der Waals surface area contributed by atoms with Crippen LogP contribution >= 0.6 is 27.7 Å². The van der Waals surface area contributed by atoms with E-state index in [1.807, 2.05) is 47.2 Å². The molecule has 0 unspecified atom stereocenters. The van der Waals surface area contributed by atoms with Crippen LogP contribution < -0.4 is 0 Å². The molecule has 0 saturated carbocycles. The molecule has 7 heteroatoms. The van der Waals surface area contributed by atoms with Crippen LogP contribution in [-0.4, -0.2) is 20.6 Å². The first-order chi connectivity index (χ1) is 13.5. The van der Waals surface area contributed by atoms with E-state index >= 15 is 0 Å². The molecule has 0 radical (unpaired) electrons. The molecule has 0 N–H and O–H groups in total. The van der Waals surface area contributed by atoms with Gasteiger partial charge in [-0.05, 0) is 65.9 Å². The van der Waals surface area contributed by atoms with Crippen LogP contribution in [0.2, 0.25) is 0 Å². The van der Waals surface area contributed by atoms with Gasteiger partial charge in [0.05, 0.1) is 11.4 Å². The maximum atomic E-state index is 13.1. The highest BCUT2D eigenvalue weighted by atomic mass is 79.9. The van der Waals surface area contributed by atoms with Crippen LogP contribution in [0.4, 0.5) is 9.18 Å². The average molecular weight is 457 g/mol. The lowest BCUT2D eigenvalue weighted by Gasteiger charge is -2.12. The van der Waals surface area contributed by atoms with Crippen molar-refractivity contribution in [2.75, 3.05) is 0 Å². The number of hydrogen-bond acceptors (Lipinski definition) is 3. The summed E-state index contributed by atoms with van der Waals surface area (Å²) in [5.41, 5.74) is 2.43. The molecule has 2 amide bonds. The predicted molar refractivity (Wildman–Crippen MR) is 111 cm³/mol. The van der Waals surface area contributed by atoms with Gasteiger partial charge in [0.15, 0.2) is 0 Å². The van der Waals surface area contributed by atoms with E-state index in [2.05, 4.69) is 15.9 Å². The van der Waals surface area contributed by atoms with E-state index in [-0.39, 0.29) is 23.5 Å². The zero-order chi connectivity index (χ0) is 19.7. The fourth-order valence-electron chi connectivity index (χ4n) is 2.92. The van der Waals surface area contributed by atoms with Crippen molar-refractivity contribution in [3.63, 3.8) is 0 Å². The highest BCUT2D eigenvalue weighted by Crippen LogP contribution is 2.33. The number of carbonyl (C=O) groups excluding carboxylic acids is 2. The van der Waals surface area contributed by atoms with Gasteiger partial charge in [0, 0.05) is 22.1 Å². The van der Waals surface area contributed by atoms with Crippen LogP contribution in [0.25, 0.3) is 11.8 Å². The summed E-state index contributed by atoms with van der Waals surface area (Å²) in [4.78, 5) is 26.6. The van der Waals surface area contributed by atoms with Crippen molar-refractivity contribution in [2.45, 2.75) is 6.54 Å². The topological polar surface area (TPSA) is 42.3 Å². The molecule has 0 atom stereocenters. The number of imide groups is 1. The summed E-state index contributed by atoms with van der Waals surface area (Å²) in [5.74, 6) is -0.701. The Labute approximate surface area is 173 Å². The molecule has 0 aliphatic carbocycles. The van der Waals surface area contributed by atoms with Gasteiger partial charge in [-0.25, -0.2) is 4.39 Å². The zero-order valence-electron chi connectivity index (χ0n) is 14.5. The van der Waals surface area contributed by atoms with Crippen LogP contribution in [-0.2, 0) is 11.3 Å². The van der Waals surface area contributed by atoms with Gasteiger partial charge in [0.25, 0.3) is 11.1 Å². The van der Waals surface area contributed by atoms with Gasteiger partial charge in [-0.15, -0.1) is 0 Å². The molecule has 1 saturated heterocycles. The van der Waals surface area contributed by atoms with Gasteiger partial charge in [0.1, 0.15) is 5.82 Å². The number of aromatic nitrogens is 1. The van der Waals surface area contributed by atoms with Crippen molar-refractivity contribution in [3.05, 3.63) is 93.3 Å². The Morgan fingerprint density at radius 1 is 1.04 bits per heavy atom. The predicted octanol–water partition coefficient (Wildman–Crippen LogP) is 5.62. The first kappa shape index (κ1) is 18.7. The molecule has 1 fully saturated rings. The molecule has 2 heterocycles. The molecule has 2 aromatic carbocycles. The van der Waals surface area contributed by atoms with Crippen molar-refractivity contribution >= 4 is 44.9 Å². The second-order valence-electron chi connectivity index (χ2n) is 6.18. The second kappa shape index (κ2) is 7.77. The third kappa shape index (κ3) is 3.81. The van der Waals surface area contributed by atoms with Crippen LogP contribution in [0, 0.1) is 5.82 Å². The van der Waals surface area contributed by atoms with E-state index in [0.717, 1.165) is 27.6 Å². The number of carbonyl (C=O) groups is 2. The van der Waals surface area contributed by atoms with Crippen LogP contribution in [0.1, 0.15) is 11.3 Å². The number of benzene rings is 2. The van der Waals surface area contributed by atoms with Gasteiger partial charge in [-0.1, -0.05) is 34.1 Å². The van der Waals surface area contributed by atoms with Gasteiger partial charge in [-0.3, -0.25) is 14.5 Å².